The fraction of sp³-hybridized carbons (Fsp3) is 0.118. The number of anilines is 1. The van der Waals surface area contributed by atoms with Crippen molar-refractivity contribution in [1.82, 2.24) is 10.9 Å². The van der Waals surface area contributed by atoms with Gasteiger partial charge in [0.1, 0.15) is 5.75 Å². The SMILES string of the molecule is O=C(CC1Oc2ccccc2NC1=O)NNC(=O)c1ccccc1Br. The van der Waals surface area contributed by atoms with Crippen LogP contribution in [0.3, 0.4) is 0 Å². The maximum Gasteiger partial charge on any atom is 0.270 e. The second-order valence-corrected chi connectivity index (χ2v) is 6.13. The van der Waals surface area contributed by atoms with E-state index in [1.165, 1.54) is 0 Å². The number of ether oxygens (including phenoxy) is 1. The molecule has 1 aliphatic heterocycles. The van der Waals surface area contributed by atoms with Crippen molar-refractivity contribution in [3.63, 3.8) is 0 Å². The van der Waals surface area contributed by atoms with Crippen molar-refractivity contribution < 1.29 is 19.1 Å². The topological polar surface area (TPSA) is 96.5 Å². The largest absolute Gasteiger partial charge is 0.478 e. The number of carbonyl (C=O) groups is 3. The number of hydrogen-bond acceptors (Lipinski definition) is 4. The summed E-state index contributed by atoms with van der Waals surface area (Å²) < 4.78 is 6.14. The number of rotatable bonds is 3. The van der Waals surface area contributed by atoms with Crippen LogP contribution in [0.15, 0.2) is 53.0 Å². The van der Waals surface area contributed by atoms with Crippen LogP contribution in [0.1, 0.15) is 16.8 Å². The van der Waals surface area contributed by atoms with Crippen molar-refractivity contribution in [3.8, 4) is 5.75 Å². The summed E-state index contributed by atoms with van der Waals surface area (Å²) in [4.78, 5) is 36.0. The zero-order valence-electron chi connectivity index (χ0n) is 12.9. The molecule has 1 atom stereocenters. The van der Waals surface area contributed by atoms with Crippen molar-refractivity contribution in [2.45, 2.75) is 12.5 Å². The first kappa shape index (κ1) is 17.0. The molecule has 128 valence electrons. The van der Waals surface area contributed by atoms with Crippen LogP contribution in [-0.4, -0.2) is 23.8 Å². The van der Waals surface area contributed by atoms with Gasteiger partial charge in [-0.3, -0.25) is 25.2 Å². The molecular formula is C17H14BrN3O4. The van der Waals surface area contributed by atoms with E-state index in [9.17, 15) is 14.4 Å². The Morgan fingerprint density at radius 3 is 2.60 bits per heavy atom. The standard InChI is InChI=1S/C17H14BrN3O4/c18-11-6-2-1-5-10(11)16(23)21-20-15(22)9-14-17(24)19-12-7-3-4-8-13(12)25-14/h1-8,14H,9H2,(H,19,24)(H,20,22)(H,21,23). The third kappa shape index (κ3) is 3.97. The summed E-state index contributed by atoms with van der Waals surface area (Å²) >= 11 is 3.26. The van der Waals surface area contributed by atoms with Crippen LogP contribution < -0.4 is 20.9 Å². The van der Waals surface area contributed by atoms with Gasteiger partial charge in [0.25, 0.3) is 11.8 Å². The van der Waals surface area contributed by atoms with E-state index in [1.807, 2.05) is 0 Å². The van der Waals surface area contributed by atoms with Crippen LogP contribution >= 0.6 is 15.9 Å². The van der Waals surface area contributed by atoms with Gasteiger partial charge in [-0.1, -0.05) is 24.3 Å². The Bertz CT molecular complexity index is 840. The molecule has 2 aromatic rings. The minimum atomic E-state index is -0.963. The molecule has 3 rings (SSSR count). The second-order valence-electron chi connectivity index (χ2n) is 5.28. The fourth-order valence-electron chi connectivity index (χ4n) is 2.29. The third-order valence-electron chi connectivity index (χ3n) is 3.51. The normalized spacial score (nSPS) is 15.4. The van der Waals surface area contributed by atoms with E-state index in [-0.39, 0.29) is 6.42 Å². The smallest absolute Gasteiger partial charge is 0.270 e. The van der Waals surface area contributed by atoms with Crippen LogP contribution in [0.5, 0.6) is 5.75 Å². The molecule has 1 heterocycles. The predicted molar refractivity (Wildman–Crippen MR) is 93.9 cm³/mol. The lowest BCUT2D eigenvalue weighted by molar-refractivity contribution is -0.130. The van der Waals surface area contributed by atoms with Gasteiger partial charge in [-0.2, -0.15) is 0 Å². The van der Waals surface area contributed by atoms with E-state index < -0.39 is 23.8 Å². The summed E-state index contributed by atoms with van der Waals surface area (Å²) in [5.74, 6) is -0.928. The lowest BCUT2D eigenvalue weighted by atomic mass is 10.1. The van der Waals surface area contributed by atoms with Crippen molar-refractivity contribution in [1.29, 1.82) is 0 Å². The fourth-order valence-corrected chi connectivity index (χ4v) is 2.75. The van der Waals surface area contributed by atoms with Crippen LogP contribution in [0, 0.1) is 0 Å². The molecule has 0 aromatic heterocycles. The van der Waals surface area contributed by atoms with Crippen molar-refractivity contribution >= 4 is 39.3 Å². The molecule has 1 aliphatic rings. The first-order valence-electron chi connectivity index (χ1n) is 7.45. The molecule has 0 spiro atoms. The molecule has 3 N–H and O–H groups in total. The average Bonchev–Trinajstić information content (AvgIpc) is 2.61. The third-order valence-corrected chi connectivity index (χ3v) is 4.20. The van der Waals surface area contributed by atoms with Crippen molar-refractivity contribution in [3.05, 3.63) is 58.6 Å². The predicted octanol–water partition coefficient (Wildman–Crippen LogP) is 2.00. The zero-order chi connectivity index (χ0) is 17.8. The van der Waals surface area contributed by atoms with Crippen LogP contribution in [0.2, 0.25) is 0 Å². The number of hydrazine groups is 1. The summed E-state index contributed by atoms with van der Waals surface area (Å²) in [5.41, 5.74) is 5.53. The van der Waals surface area contributed by atoms with Gasteiger partial charge in [0.05, 0.1) is 17.7 Å². The number of para-hydroxylation sites is 2. The Morgan fingerprint density at radius 1 is 1.08 bits per heavy atom. The molecule has 0 saturated heterocycles. The number of carbonyl (C=O) groups excluding carboxylic acids is 3. The summed E-state index contributed by atoms with van der Waals surface area (Å²) in [5, 5.41) is 2.68. The molecule has 2 aromatic carbocycles. The van der Waals surface area contributed by atoms with Crippen molar-refractivity contribution in [2.24, 2.45) is 0 Å². The van der Waals surface area contributed by atoms with Gasteiger partial charge < -0.3 is 10.1 Å². The van der Waals surface area contributed by atoms with E-state index in [2.05, 4.69) is 32.1 Å². The Labute approximate surface area is 151 Å². The van der Waals surface area contributed by atoms with Gasteiger partial charge in [0.2, 0.25) is 5.91 Å². The van der Waals surface area contributed by atoms with E-state index in [0.29, 0.717) is 21.5 Å². The molecule has 7 nitrogen and oxygen atoms in total. The van der Waals surface area contributed by atoms with Crippen LogP contribution in [0.4, 0.5) is 5.69 Å². The monoisotopic (exact) mass is 403 g/mol. The maximum absolute atomic E-state index is 12.0. The molecule has 0 saturated carbocycles. The number of nitrogens with one attached hydrogen (secondary N) is 3. The highest BCUT2D eigenvalue weighted by Crippen LogP contribution is 2.29. The molecule has 0 fully saturated rings. The van der Waals surface area contributed by atoms with Gasteiger partial charge in [-0.25, -0.2) is 0 Å². The Morgan fingerprint density at radius 2 is 1.80 bits per heavy atom. The summed E-state index contributed by atoms with van der Waals surface area (Å²) in [7, 11) is 0. The lowest BCUT2D eigenvalue weighted by Crippen LogP contribution is -2.46. The molecule has 1 unspecified atom stereocenters. The Balaban J connectivity index is 1.56. The lowest BCUT2D eigenvalue weighted by Gasteiger charge is -2.25. The highest BCUT2D eigenvalue weighted by Gasteiger charge is 2.29. The molecule has 8 heteroatoms. The highest BCUT2D eigenvalue weighted by molar-refractivity contribution is 9.10. The number of fused-ring (bicyclic) bond motifs is 1. The highest BCUT2D eigenvalue weighted by atomic mass is 79.9. The van der Waals surface area contributed by atoms with Gasteiger partial charge in [0, 0.05) is 4.47 Å². The van der Waals surface area contributed by atoms with E-state index >= 15 is 0 Å². The van der Waals surface area contributed by atoms with E-state index in [4.69, 9.17) is 4.74 Å². The van der Waals surface area contributed by atoms with Crippen LogP contribution in [-0.2, 0) is 9.59 Å². The minimum absolute atomic E-state index is 0.226. The molecule has 25 heavy (non-hydrogen) atoms. The summed E-state index contributed by atoms with van der Waals surface area (Å²) in [6.45, 7) is 0. The van der Waals surface area contributed by atoms with Gasteiger partial charge in [-0.05, 0) is 40.2 Å². The number of hydrogen-bond donors (Lipinski definition) is 3. The van der Waals surface area contributed by atoms with Gasteiger partial charge >= 0.3 is 0 Å². The molecule has 0 bridgehead atoms. The maximum atomic E-state index is 12.0. The Hall–Kier alpha value is -2.87. The van der Waals surface area contributed by atoms with E-state index in [0.717, 1.165) is 0 Å². The first-order chi connectivity index (χ1) is 12.0. The van der Waals surface area contributed by atoms with Gasteiger partial charge in [-0.15, -0.1) is 0 Å². The zero-order valence-corrected chi connectivity index (χ0v) is 14.5. The summed E-state index contributed by atoms with van der Waals surface area (Å²) in [6.07, 6.45) is -1.19. The first-order valence-corrected chi connectivity index (χ1v) is 8.24. The molecule has 0 aliphatic carbocycles. The van der Waals surface area contributed by atoms with Crippen LogP contribution in [0.25, 0.3) is 0 Å². The van der Waals surface area contributed by atoms with E-state index in [1.54, 1.807) is 48.5 Å². The number of amides is 3. The van der Waals surface area contributed by atoms with Gasteiger partial charge in [0.15, 0.2) is 6.10 Å². The number of benzene rings is 2. The van der Waals surface area contributed by atoms with Crippen molar-refractivity contribution in [2.75, 3.05) is 5.32 Å². The number of halogens is 1. The average molecular weight is 404 g/mol. The second kappa shape index (κ2) is 7.35. The molecule has 3 amide bonds. The Kier molecular flexibility index (Phi) is 4.99. The molecular weight excluding hydrogens is 390 g/mol. The summed E-state index contributed by atoms with van der Waals surface area (Å²) in [6, 6.07) is 13.8. The quantitative estimate of drug-likeness (QED) is 0.682. The molecule has 0 radical (unpaired) electrons. The minimum Gasteiger partial charge on any atom is -0.478 e.